The highest BCUT2D eigenvalue weighted by Gasteiger charge is 2.31. The SMILES string of the molecule is CCOc1ccc(C[C@H](CN(CC(=O)O)CC(=O)O)N(CC(=O)O)[C@@H](C)CN(CC(=O)O)CC(=O)O)cc1. The van der Waals surface area contributed by atoms with Crippen LogP contribution in [0.5, 0.6) is 5.75 Å². The Bertz CT molecular complexity index is 922. The molecule has 0 aliphatic carbocycles. The van der Waals surface area contributed by atoms with Crippen LogP contribution in [0.15, 0.2) is 24.3 Å². The number of rotatable bonds is 20. The Morgan fingerprint density at radius 3 is 1.53 bits per heavy atom. The lowest BCUT2D eigenvalue weighted by Crippen LogP contribution is -2.55. The smallest absolute Gasteiger partial charge is 0.317 e. The molecule has 2 atom stereocenters. The third-order valence-corrected chi connectivity index (χ3v) is 5.49. The predicted octanol–water partition coefficient (Wildman–Crippen LogP) is -0.286. The summed E-state index contributed by atoms with van der Waals surface area (Å²) in [4.78, 5) is 60.9. The lowest BCUT2D eigenvalue weighted by atomic mass is 10.0. The van der Waals surface area contributed by atoms with Gasteiger partial charge in [0.05, 0.1) is 39.3 Å². The standard InChI is InChI=1S/C24H35N3O11/c1-3-38-19-6-4-17(5-7-19)8-18(10-26(13-22(32)33)14-23(34)35)27(15-24(36)37)16(2)9-25(11-20(28)29)12-21(30)31/h4-7,16,18H,3,8-15H2,1-2H3,(H,28,29)(H,30,31)(H,32,33)(H,34,35)(H,36,37)/t16-,18+/m0/s1. The fourth-order valence-electron chi connectivity index (χ4n) is 4.16. The van der Waals surface area contributed by atoms with Crippen molar-refractivity contribution in [1.29, 1.82) is 0 Å². The number of carboxylic acid groups (broad SMARTS) is 5. The van der Waals surface area contributed by atoms with Gasteiger partial charge in [-0.1, -0.05) is 12.1 Å². The van der Waals surface area contributed by atoms with Crippen molar-refractivity contribution in [2.45, 2.75) is 32.4 Å². The van der Waals surface area contributed by atoms with Crippen molar-refractivity contribution in [3.8, 4) is 5.75 Å². The van der Waals surface area contributed by atoms with E-state index in [0.29, 0.717) is 12.4 Å². The normalized spacial score (nSPS) is 12.9. The van der Waals surface area contributed by atoms with E-state index in [1.54, 1.807) is 31.2 Å². The van der Waals surface area contributed by atoms with Crippen LogP contribution in [0.3, 0.4) is 0 Å². The zero-order valence-corrected chi connectivity index (χ0v) is 21.4. The van der Waals surface area contributed by atoms with Crippen molar-refractivity contribution in [1.82, 2.24) is 14.7 Å². The summed E-state index contributed by atoms with van der Waals surface area (Å²) in [5.41, 5.74) is 0.736. The summed E-state index contributed by atoms with van der Waals surface area (Å²) in [5.74, 6) is -5.66. The lowest BCUT2D eigenvalue weighted by molar-refractivity contribution is -0.144. The van der Waals surface area contributed by atoms with Crippen LogP contribution in [-0.2, 0) is 30.4 Å². The number of benzene rings is 1. The third-order valence-electron chi connectivity index (χ3n) is 5.49. The molecule has 38 heavy (non-hydrogen) atoms. The molecule has 0 saturated carbocycles. The Balaban J connectivity index is 3.39. The Morgan fingerprint density at radius 1 is 0.711 bits per heavy atom. The van der Waals surface area contributed by atoms with E-state index in [1.807, 2.05) is 6.92 Å². The number of nitrogens with zero attached hydrogens (tertiary/aromatic N) is 3. The molecule has 5 N–H and O–H groups in total. The van der Waals surface area contributed by atoms with E-state index in [1.165, 1.54) is 4.90 Å². The molecule has 0 saturated heterocycles. The molecule has 0 aliphatic rings. The van der Waals surface area contributed by atoms with Crippen molar-refractivity contribution >= 4 is 29.8 Å². The number of hydrogen-bond acceptors (Lipinski definition) is 9. The molecule has 1 aromatic rings. The van der Waals surface area contributed by atoms with Crippen molar-refractivity contribution in [3.63, 3.8) is 0 Å². The molecule has 0 aromatic heterocycles. The molecule has 212 valence electrons. The van der Waals surface area contributed by atoms with Crippen LogP contribution in [0.4, 0.5) is 0 Å². The first kappa shape index (κ1) is 32.3. The summed E-state index contributed by atoms with van der Waals surface area (Å²) in [7, 11) is 0. The minimum absolute atomic E-state index is 0.122. The number of aliphatic carboxylic acids is 5. The van der Waals surface area contributed by atoms with E-state index >= 15 is 0 Å². The van der Waals surface area contributed by atoms with Crippen LogP contribution >= 0.6 is 0 Å². The van der Waals surface area contributed by atoms with Crippen LogP contribution < -0.4 is 4.74 Å². The van der Waals surface area contributed by atoms with Crippen LogP contribution in [0.1, 0.15) is 19.4 Å². The van der Waals surface area contributed by atoms with Gasteiger partial charge in [-0.3, -0.25) is 38.7 Å². The number of ether oxygens (including phenoxy) is 1. The summed E-state index contributed by atoms with van der Waals surface area (Å²) in [6.45, 7) is 0.688. The monoisotopic (exact) mass is 541 g/mol. The number of hydrogen-bond donors (Lipinski definition) is 5. The summed E-state index contributed by atoms with van der Waals surface area (Å²) in [6.07, 6.45) is 0.192. The minimum Gasteiger partial charge on any atom is -0.494 e. The summed E-state index contributed by atoms with van der Waals surface area (Å²) in [5, 5.41) is 46.6. The van der Waals surface area contributed by atoms with Crippen LogP contribution in [-0.4, -0.2) is 135 Å². The summed E-state index contributed by atoms with van der Waals surface area (Å²) < 4.78 is 5.43. The van der Waals surface area contributed by atoms with Gasteiger partial charge in [-0.05, 0) is 38.0 Å². The Kier molecular flexibility index (Phi) is 13.7. The van der Waals surface area contributed by atoms with Gasteiger partial charge < -0.3 is 30.3 Å². The third kappa shape index (κ3) is 13.0. The maximum atomic E-state index is 11.8. The average molecular weight is 542 g/mol. The molecule has 0 fully saturated rings. The first-order chi connectivity index (χ1) is 17.8. The second-order valence-electron chi connectivity index (χ2n) is 8.76. The molecule has 0 bridgehead atoms. The van der Waals surface area contributed by atoms with Gasteiger partial charge in [0.2, 0.25) is 0 Å². The average Bonchev–Trinajstić information content (AvgIpc) is 2.76. The maximum Gasteiger partial charge on any atom is 0.317 e. The van der Waals surface area contributed by atoms with E-state index in [0.717, 1.165) is 15.4 Å². The van der Waals surface area contributed by atoms with Gasteiger partial charge in [-0.15, -0.1) is 0 Å². The number of carbonyl (C=O) groups is 5. The number of carboxylic acids is 5. The Labute approximate surface area is 219 Å². The molecular weight excluding hydrogens is 506 g/mol. The largest absolute Gasteiger partial charge is 0.494 e. The molecule has 0 spiro atoms. The first-order valence-electron chi connectivity index (χ1n) is 11.8. The van der Waals surface area contributed by atoms with E-state index in [4.69, 9.17) is 4.74 Å². The van der Waals surface area contributed by atoms with Crippen LogP contribution in [0.25, 0.3) is 0 Å². The van der Waals surface area contributed by atoms with Crippen LogP contribution in [0, 0.1) is 0 Å². The van der Waals surface area contributed by atoms with E-state index in [2.05, 4.69) is 0 Å². The van der Waals surface area contributed by atoms with Crippen molar-refractivity contribution < 1.29 is 54.2 Å². The van der Waals surface area contributed by atoms with Gasteiger partial charge in [0.25, 0.3) is 0 Å². The molecule has 14 nitrogen and oxygen atoms in total. The maximum absolute atomic E-state index is 11.8. The fraction of sp³-hybridized carbons (Fsp3) is 0.542. The fourth-order valence-corrected chi connectivity index (χ4v) is 4.16. The van der Waals surface area contributed by atoms with Crippen molar-refractivity contribution in [2.75, 3.05) is 52.4 Å². The lowest BCUT2D eigenvalue weighted by Gasteiger charge is -2.39. The van der Waals surface area contributed by atoms with E-state index in [9.17, 15) is 49.5 Å². The highest BCUT2D eigenvalue weighted by molar-refractivity contribution is 5.73. The second-order valence-corrected chi connectivity index (χ2v) is 8.76. The van der Waals surface area contributed by atoms with Gasteiger partial charge in [0.15, 0.2) is 0 Å². The molecule has 0 unspecified atom stereocenters. The summed E-state index contributed by atoms with van der Waals surface area (Å²) in [6, 6.07) is 5.51. The van der Waals surface area contributed by atoms with Crippen molar-refractivity contribution in [2.24, 2.45) is 0 Å². The van der Waals surface area contributed by atoms with E-state index < -0.39 is 74.7 Å². The molecule has 0 aliphatic heterocycles. The zero-order chi connectivity index (χ0) is 28.8. The zero-order valence-electron chi connectivity index (χ0n) is 21.4. The van der Waals surface area contributed by atoms with Gasteiger partial charge in [0, 0.05) is 25.2 Å². The Hall–Kier alpha value is -3.75. The predicted molar refractivity (Wildman–Crippen MR) is 132 cm³/mol. The molecule has 14 heteroatoms. The minimum atomic E-state index is -1.27. The van der Waals surface area contributed by atoms with E-state index in [-0.39, 0.29) is 19.5 Å². The topological polar surface area (TPSA) is 205 Å². The van der Waals surface area contributed by atoms with Gasteiger partial charge in [0.1, 0.15) is 5.75 Å². The van der Waals surface area contributed by atoms with Crippen LogP contribution in [0.2, 0.25) is 0 Å². The molecule has 1 rings (SSSR count). The van der Waals surface area contributed by atoms with Crippen molar-refractivity contribution in [3.05, 3.63) is 29.8 Å². The Morgan fingerprint density at radius 2 is 1.13 bits per heavy atom. The quantitative estimate of drug-likeness (QED) is 0.144. The molecule has 0 amide bonds. The van der Waals surface area contributed by atoms with Gasteiger partial charge in [-0.2, -0.15) is 0 Å². The second kappa shape index (κ2) is 16.2. The molecule has 1 aromatic carbocycles. The van der Waals surface area contributed by atoms with Gasteiger partial charge in [-0.25, -0.2) is 0 Å². The molecule has 0 heterocycles. The van der Waals surface area contributed by atoms with Gasteiger partial charge >= 0.3 is 29.8 Å². The highest BCUT2D eigenvalue weighted by atomic mass is 16.5. The summed E-state index contributed by atoms with van der Waals surface area (Å²) >= 11 is 0. The first-order valence-corrected chi connectivity index (χ1v) is 11.8. The highest BCUT2D eigenvalue weighted by Crippen LogP contribution is 2.18. The molecular formula is C24H35N3O11. The molecule has 0 radical (unpaired) electrons.